The van der Waals surface area contributed by atoms with Crippen molar-refractivity contribution in [1.82, 2.24) is 34.7 Å². The monoisotopic (exact) mass is 480 g/mol. The van der Waals surface area contributed by atoms with E-state index < -0.39 is 23.7 Å². The summed E-state index contributed by atoms with van der Waals surface area (Å²) in [6, 6.07) is 5.24. The van der Waals surface area contributed by atoms with E-state index >= 15 is 0 Å². The first-order valence-electron chi connectivity index (χ1n) is 9.52. The highest BCUT2D eigenvalue weighted by Crippen LogP contribution is 2.31. The molecule has 0 aliphatic rings. The van der Waals surface area contributed by atoms with Gasteiger partial charge in [-0.15, -0.1) is 0 Å². The summed E-state index contributed by atoms with van der Waals surface area (Å²) in [5.74, 6) is -0.391. The fourth-order valence-electron chi connectivity index (χ4n) is 3.03. The third-order valence-electron chi connectivity index (χ3n) is 4.54. The SMILES string of the molecule is Cc1cnn(C)c1-c1nc(Nc2ccnc(C(F)(F)F)c2)nc(-c2cccc(C(F)(F)F)n2)n1. The molecule has 4 rings (SSSR count). The van der Waals surface area contributed by atoms with E-state index in [0.717, 1.165) is 24.4 Å². The Labute approximate surface area is 187 Å². The Hall–Kier alpha value is -4.10. The zero-order valence-corrected chi connectivity index (χ0v) is 17.4. The summed E-state index contributed by atoms with van der Waals surface area (Å²) >= 11 is 0. The fraction of sp³-hybridized carbons (Fsp3) is 0.200. The number of hydrogen-bond acceptors (Lipinski definition) is 7. The lowest BCUT2D eigenvalue weighted by Crippen LogP contribution is -2.11. The number of pyridine rings is 2. The van der Waals surface area contributed by atoms with Crippen LogP contribution in [0.2, 0.25) is 0 Å². The van der Waals surface area contributed by atoms with Crippen molar-refractivity contribution >= 4 is 11.6 Å². The molecule has 0 bridgehead atoms. The van der Waals surface area contributed by atoms with Crippen LogP contribution in [0.5, 0.6) is 0 Å². The van der Waals surface area contributed by atoms with Gasteiger partial charge in [-0.25, -0.2) is 9.97 Å². The van der Waals surface area contributed by atoms with Gasteiger partial charge in [-0.1, -0.05) is 6.07 Å². The van der Waals surface area contributed by atoms with Crippen LogP contribution in [-0.4, -0.2) is 34.7 Å². The second-order valence-electron chi connectivity index (χ2n) is 7.06. The summed E-state index contributed by atoms with van der Waals surface area (Å²) in [6.07, 6.45) is -6.89. The minimum Gasteiger partial charge on any atom is -0.324 e. The van der Waals surface area contributed by atoms with Crippen molar-refractivity contribution in [2.75, 3.05) is 5.32 Å². The third-order valence-corrected chi connectivity index (χ3v) is 4.54. The molecule has 0 spiro atoms. The van der Waals surface area contributed by atoms with Crippen molar-refractivity contribution in [2.24, 2.45) is 7.05 Å². The highest BCUT2D eigenvalue weighted by molar-refractivity contribution is 5.63. The van der Waals surface area contributed by atoms with E-state index in [1.54, 1.807) is 14.0 Å². The zero-order valence-electron chi connectivity index (χ0n) is 17.4. The van der Waals surface area contributed by atoms with Crippen molar-refractivity contribution in [3.63, 3.8) is 0 Å². The standard InChI is InChI=1S/C20H14F6N8/c1-10-9-28-34(2)15(10)17-31-16(12-4-3-5-13(30-12)19(21,22)23)32-18(33-17)29-11-6-7-27-14(8-11)20(24,25)26/h3-9H,1-2H3,(H,27,29,31,32,33). The normalized spacial score (nSPS) is 12.1. The quantitative estimate of drug-likeness (QED) is 0.419. The summed E-state index contributed by atoms with van der Waals surface area (Å²) in [5, 5.41) is 6.72. The molecule has 0 fully saturated rings. The predicted molar refractivity (Wildman–Crippen MR) is 108 cm³/mol. The van der Waals surface area contributed by atoms with E-state index in [0.29, 0.717) is 11.3 Å². The number of aryl methyl sites for hydroxylation is 2. The molecule has 34 heavy (non-hydrogen) atoms. The maximum atomic E-state index is 13.2. The topological polar surface area (TPSA) is 94.3 Å². The highest BCUT2D eigenvalue weighted by atomic mass is 19.4. The summed E-state index contributed by atoms with van der Waals surface area (Å²) < 4.78 is 80.0. The summed E-state index contributed by atoms with van der Waals surface area (Å²) in [7, 11) is 1.61. The Balaban J connectivity index is 1.84. The van der Waals surface area contributed by atoms with Gasteiger partial charge < -0.3 is 5.32 Å². The number of hydrogen-bond donors (Lipinski definition) is 1. The first-order chi connectivity index (χ1) is 15.9. The lowest BCUT2D eigenvalue weighted by Gasteiger charge is -2.12. The Kier molecular flexibility index (Phi) is 5.67. The van der Waals surface area contributed by atoms with Crippen LogP contribution < -0.4 is 5.32 Å². The molecule has 1 N–H and O–H groups in total. The number of nitrogens with zero attached hydrogens (tertiary/aromatic N) is 7. The van der Waals surface area contributed by atoms with Crippen LogP contribution in [0.15, 0.2) is 42.7 Å². The van der Waals surface area contributed by atoms with Crippen molar-refractivity contribution < 1.29 is 26.3 Å². The van der Waals surface area contributed by atoms with Crippen LogP contribution in [0, 0.1) is 6.92 Å². The number of rotatable bonds is 4. The molecule has 4 aromatic rings. The molecule has 0 atom stereocenters. The van der Waals surface area contributed by atoms with Gasteiger partial charge in [0.2, 0.25) is 5.95 Å². The van der Waals surface area contributed by atoms with Crippen LogP contribution in [0.3, 0.4) is 0 Å². The molecule has 4 aromatic heterocycles. The lowest BCUT2D eigenvalue weighted by atomic mass is 10.2. The average molecular weight is 480 g/mol. The molecule has 0 amide bonds. The van der Waals surface area contributed by atoms with E-state index in [9.17, 15) is 26.3 Å². The third kappa shape index (κ3) is 4.79. The highest BCUT2D eigenvalue weighted by Gasteiger charge is 2.33. The van der Waals surface area contributed by atoms with Gasteiger partial charge in [-0.2, -0.15) is 41.4 Å². The Morgan fingerprint density at radius 3 is 2.21 bits per heavy atom. The van der Waals surface area contributed by atoms with E-state index in [4.69, 9.17) is 0 Å². The number of alkyl halides is 6. The van der Waals surface area contributed by atoms with Gasteiger partial charge in [-0.3, -0.25) is 9.67 Å². The molecule has 8 nitrogen and oxygen atoms in total. The number of aromatic nitrogens is 7. The zero-order chi connectivity index (χ0) is 24.7. The van der Waals surface area contributed by atoms with Crippen LogP contribution in [0.25, 0.3) is 23.0 Å². The van der Waals surface area contributed by atoms with Gasteiger partial charge >= 0.3 is 12.4 Å². The average Bonchev–Trinajstić information content (AvgIpc) is 3.10. The van der Waals surface area contributed by atoms with Gasteiger partial charge in [0.15, 0.2) is 11.6 Å². The van der Waals surface area contributed by atoms with Crippen molar-refractivity contribution in [2.45, 2.75) is 19.3 Å². The molecular formula is C20H14F6N8. The number of anilines is 2. The second kappa shape index (κ2) is 8.35. The maximum absolute atomic E-state index is 13.2. The van der Waals surface area contributed by atoms with E-state index in [-0.39, 0.29) is 29.0 Å². The molecule has 0 aromatic carbocycles. The van der Waals surface area contributed by atoms with Gasteiger partial charge in [0, 0.05) is 18.9 Å². The summed E-state index contributed by atoms with van der Waals surface area (Å²) in [5.41, 5.74) is -1.44. The minimum atomic E-state index is -4.70. The smallest absolute Gasteiger partial charge is 0.324 e. The molecular weight excluding hydrogens is 466 g/mol. The molecule has 0 saturated carbocycles. The molecule has 0 radical (unpaired) electrons. The first kappa shape index (κ1) is 23.1. The van der Waals surface area contributed by atoms with E-state index in [1.807, 2.05) is 0 Å². The van der Waals surface area contributed by atoms with Gasteiger partial charge in [0.05, 0.1) is 6.20 Å². The van der Waals surface area contributed by atoms with Crippen molar-refractivity contribution in [3.8, 4) is 23.0 Å². The molecule has 0 aliphatic heterocycles. The van der Waals surface area contributed by atoms with Crippen LogP contribution >= 0.6 is 0 Å². The van der Waals surface area contributed by atoms with Gasteiger partial charge in [0.1, 0.15) is 22.8 Å². The summed E-state index contributed by atoms with van der Waals surface area (Å²) in [6.45, 7) is 1.72. The summed E-state index contributed by atoms with van der Waals surface area (Å²) in [4.78, 5) is 19.4. The number of halogens is 6. The van der Waals surface area contributed by atoms with Crippen LogP contribution in [0.1, 0.15) is 17.0 Å². The molecule has 0 unspecified atom stereocenters. The van der Waals surface area contributed by atoms with Crippen LogP contribution in [0.4, 0.5) is 38.0 Å². The van der Waals surface area contributed by atoms with Gasteiger partial charge in [-0.05, 0) is 36.8 Å². The minimum absolute atomic E-state index is 0.0364. The second-order valence-corrected chi connectivity index (χ2v) is 7.06. The lowest BCUT2D eigenvalue weighted by molar-refractivity contribution is -0.141. The first-order valence-corrected chi connectivity index (χ1v) is 9.52. The van der Waals surface area contributed by atoms with Crippen molar-refractivity contribution in [1.29, 1.82) is 0 Å². The van der Waals surface area contributed by atoms with Crippen LogP contribution in [-0.2, 0) is 19.4 Å². The Bertz CT molecular complexity index is 1330. The molecule has 0 aliphatic carbocycles. The maximum Gasteiger partial charge on any atom is 0.433 e. The molecule has 14 heteroatoms. The molecule has 4 heterocycles. The largest absolute Gasteiger partial charge is 0.433 e. The van der Waals surface area contributed by atoms with E-state index in [2.05, 4.69) is 35.3 Å². The van der Waals surface area contributed by atoms with E-state index in [1.165, 1.54) is 23.0 Å². The predicted octanol–water partition coefficient (Wildman–Crippen LogP) is 4.82. The molecule has 0 saturated heterocycles. The van der Waals surface area contributed by atoms with Gasteiger partial charge in [0.25, 0.3) is 0 Å². The Morgan fingerprint density at radius 2 is 1.56 bits per heavy atom. The number of nitrogens with one attached hydrogen (secondary N) is 1. The van der Waals surface area contributed by atoms with Crippen molar-refractivity contribution in [3.05, 3.63) is 59.7 Å². The Morgan fingerprint density at radius 1 is 0.853 bits per heavy atom. The fourth-order valence-corrected chi connectivity index (χ4v) is 3.03. The molecule has 176 valence electrons.